The molecule has 3 rings (SSSR count). The highest BCUT2D eigenvalue weighted by atomic mass is 16.6. The van der Waals surface area contributed by atoms with Crippen LogP contribution < -0.4 is 15.4 Å². The normalized spacial score (nSPS) is 14.9. The third-order valence-electron chi connectivity index (χ3n) is 6.17. The number of hydrogen-bond acceptors (Lipinski definition) is 5. The lowest BCUT2D eigenvalue weighted by Gasteiger charge is -2.43. The van der Waals surface area contributed by atoms with Gasteiger partial charge < -0.3 is 25.0 Å². The van der Waals surface area contributed by atoms with E-state index in [4.69, 9.17) is 9.47 Å². The van der Waals surface area contributed by atoms with Gasteiger partial charge in [0.05, 0.1) is 7.11 Å². The number of carbonyl (C=O) groups excluding carboxylic acids is 3. The monoisotopic (exact) mass is 507 g/mol. The predicted molar refractivity (Wildman–Crippen MR) is 144 cm³/mol. The number of hydrogen-bond donors (Lipinski definition) is 2. The maximum Gasteiger partial charge on any atom is 0.408 e. The molecule has 37 heavy (non-hydrogen) atoms. The Kier molecular flexibility index (Phi) is 8.97. The van der Waals surface area contributed by atoms with E-state index in [9.17, 15) is 14.4 Å². The molecular formula is C29H37N3O5. The van der Waals surface area contributed by atoms with Crippen molar-refractivity contribution in [2.75, 3.05) is 12.4 Å². The van der Waals surface area contributed by atoms with Crippen molar-refractivity contribution in [2.45, 2.75) is 70.7 Å². The van der Waals surface area contributed by atoms with Crippen LogP contribution in [0.25, 0.3) is 6.08 Å². The molecule has 198 valence electrons. The number of rotatable bonds is 9. The molecule has 3 amide bonds. The summed E-state index contributed by atoms with van der Waals surface area (Å²) in [5.41, 5.74) is 1.37. The molecule has 8 heteroatoms. The molecule has 8 nitrogen and oxygen atoms in total. The van der Waals surface area contributed by atoms with Crippen LogP contribution in [0.4, 0.5) is 10.5 Å². The first kappa shape index (κ1) is 27.8. The summed E-state index contributed by atoms with van der Waals surface area (Å²) in [6, 6.07) is 12.5. The van der Waals surface area contributed by atoms with Crippen LogP contribution in [0.15, 0.2) is 55.1 Å². The minimum absolute atomic E-state index is 0.130. The van der Waals surface area contributed by atoms with Gasteiger partial charge in [0.1, 0.15) is 23.4 Å². The van der Waals surface area contributed by atoms with Gasteiger partial charge in [-0.3, -0.25) is 9.59 Å². The molecule has 1 saturated carbocycles. The summed E-state index contributed by atoms with van der Waals surface area (Å²) in [6.45, 7) is 10.7. The summed E-state index contributed by atoms with van der Waals surface area (Å²) >= 11 is 0. The highest BCUT2D eigenvalue weighted by molar-refractivity contribution is 5.99. The summed E-state index contributed by atoms with van der Waals surface area (Å²) in [5.74, 6) is -0.0351. The molecule has 1 fully saturated rings. The first-order valence-electron chi connectivity index (χ1n) is 12.5. The average Bonchev–Trinajstić information content (AvgIpc) is 2.81. The molecule has 0 aliphatic heterocycles. The first-order valence-corrected chi connectivity index (χ1v) is 12.5. The van der Waals surface area contributed by atoms with Gasteiger partial charge in [-0.25, -0.2) is 4.79 Å². The van der Waals surface area contributed by atoms with Crippen molar-refractivity contribution in [3.05, 3.63) is 66.2 Å². The smallest absolute Gasteiger partial charge is 0.408 e. The number of nitrogens with zero attached hydrogens (tertiary/aromatic N) is 1. The van der Waals surface area contributed by atoms with Gasteiger partial charge in [-0.1, -0.05) is 30.9 Å². The van der Waals surface area contributed by atoms with Crippen LogP contribution in [0.2, 0.25) is 0 Å². The lowest BCUT2D eigenvalue weighted by Crippen LogP contribution is -2.56. The van der Waals surface area contributed by atoms with Crippen molar-refractivity contribution < 1.29 is 23.9 Å². The summed E-state index contributed by atoms with van der Waals surface area (Å²) in [5, 5.41) is 5.59. The fourth-order valence-electron chi connectivity index (χ4n) is 4.13. The molecular weight excluding hydrogens is 470 g/mol. The van der Waals surface area contributed by atoms with E-state index in [0.29, 0.717) is 17.0 Å². The standard InChI is InChI=1S/C29H37N3O5/c1-7-20-10-8-11-21(18-20)25(26(33)31-22-14-16-24(36-6)17-15-22)32(23-12-9-13-23)27(34)19(2)30-28(35)37-29(3,4)5/h7-8,10-11,14-19,23,25H,1,9,12-13H2,2-6H3,(H,30,35)(H,31,33). The Morgan fingerprint density at radius 3 is 2.32 bits per heavy atom. The van der Waals surface area contributed by atoms with Crippen LogP contribution in [-0.4, -0.2) is 47.6 Å². The zero-order valence-corrected chi connectivity index (χ0v) is 22.2. The van der Waals surface area contributed by atoms with E-state index in [1.54, 1.807) is 70.0 Å². The molecule has 0 bridgehead atoms. The largest absolute Gasteiger partial charge is 0.497 e. The summed E-state index contributed by atoms with van der Waals surface area (Å²) in [7, 11) is 1.57. The SMILES string of the molecule is C=Cc1cccc(C(C(=O)Nc2ccc(OC)cc2)N(C(=O)C(C)NC(=O)OC(C)(C)C)C2CCC2)c1. The molecule has 0 saturated heterocycles. The van der Waals surface area contributed by atoms with Crippen LogP contribution in [0.3, 0.4) is 0 Å². The molecule has 2 atom stereocenters. The maximum atomic E-state index is 13.8. The quantitative estimate of drug-likeness (QED) is 0.479. The van der Waals surface area contributed by atoms with Gasteiger partial charge in [0.15, 0.2) is 0 Å². The molecule has 2 N–H and O–H groups in total. The summed E-state index contributed by atoms with van der Waals surface area (Å²) in [4.78, 5) is 41.7. The highest BCUT2D eigenvalue weighted by Crippen LogP contribution is 2.34. The van der Waals surface area contributed by atoms with E-state index in [0.717, 1.165) is 24.8 Å². The fraction of sp³-hybridized carbons (Fsp3) is 0.414. The van der Waals surface area contributed by atoms with Gasteiger partial charge in [0, 0.05) is 11.7 Å². The number of alkyl carbamates (subject to hydrolysis) is 1. The Morgan fingerprint density at radius 1 is 1.11 bits per heavy atom. The second-order valence-corrected chi connectivity index (χ2v) is 10.2. The Morgan fingerprint density at radius 2 is 1.78 bits per heavy atom. The van der Waals surface area contributed by atoms with Gasteiger partial charge in [-0.15, -0.1) is 0 Å². The fourth-order valence-corrected chi connectivity index (χ4v) is 4.13. The van der Waals surface area contributed by atoms with Crippen molar-refractivity contribution in [3.8, 4) is 5.75 Å². The van der Waals surface area contributed by atoms with Crippen molar-refractivity contribution >= 4 is 29.7 Å². The van der Waals surface area contributed by atoms with Crippen molar-refractivity contribution in [1.82, 2.24) is 10.2 Å². The minimum atomic E-state index is -0.914. The van der Waals surface area contributed by atoms with E-state index in [1.165, 1.54) is 0 Å². The van der Waals surface area contributed by atoms with Crippen LogP contribution in [0, 0.1) is 0 Å². The van der Waals surface area contributed by atoms with Gasteiger partial charge in [-0.2, -0.15) is 0 Å². The zero-order valence-electron chi connectivity index (χ0n) is 22.2. The maximum absolute atomic E-state index is 13.8. The molecule has 0 aromatic heterocycles. The molecule has 1 aliphatic rings. The van der Waals surface area contributed by atoms with Gasteiger partial charge in [0.2, 0.25) is 5.91 Å². The van der Waals surface area contributed by atoms with Gasteiger partial charge >= 0.3 is 6.09 Å². The number of methoxy groups -OCH3 is 1. The van der Waals surface area contributed by atoms with Crippen molar-refractivity contribution in [3.63, 3.8) is 0 Å². The molecule has 0 heterocycles. The van der Waals surface area contributed by atoms with Crippen LogP contribution in [0.1, 0.15) is 64.1 Å². The van der Waals surface area contributed by atoms with Gasteiger partial charge in [-0.05, 0) is 88.4 Å². The minimum Gasteiger partial charge on any atom is -0.497 e. The lowest BCUT2D eigenvalue weighted by molar-refractivity contribution is -0.145. The Bertz CT molecular complexity index is 1120. The zero-order chi connectivity index (χ0) is 27.2. The molecule has 0 radical (unpaired) electrons. The second-order valence-electron chi connectivity index (χ2n) is 10.2. The molecule has 1 aliphatic carbocycles. The molecule has 2 aromatic carbocycles. The van der Waals surface area contributed by atoms with Crippen LogP contribution in [-0.2, 0) is 14.3 Å². The number of ether oxygens (including phenoxy) is 2. The van der Waals surface area contributed by atoms with Crippen molar-refractivity contribution in [1.29, 1.82) is 0 Å². The summed E-state index contributed by atoms with van der Waals surface area (Å²) in [6.07, 6.45) is 3.53. The third-order valence-corrected chi connectivity index (χ3v) is 6.17. The number of benzene rings is 2. The number of carbonyl (C=O) groups is 3. The average molecular weight is 508 g/mol. The highest BCUT2D eigenvalue weighted by Gasteiger charge is 2.41. The topological polar surface area (TPSA) is 97.0 Å². The van der Waals surface area contributed by atoms with E-state index in [2.05, 4.69) is 17.2 Å². The second kappa shape index (κ2) is 12.0. The van der Waals surface area contributed by atoms with E-state index >= 15 is 0 Å². The molecule has 0 spiro atoms. The van der Waals surface area contributed by atoms with Gasteiger partial charge in [0.25, 0.3) is 5.91 Å². The Hall–Kier alpha value is -3.81. The van der Waals surface area contributed by atoms with E-state index < -0.39 is 23.8 Å². The lowest BCUT2D eigenvalue weighted by atomic mass is 9.88. The third kappa shape index (κ3) is 7.35. The number of nitrogens with one attached hydrogen (secondary N) is 2. The molecule has 2 aromatic rings. The predicted octanol–water partition coefficient (Wildman–Crippen LogP) is 5.31. The number of anilines is 1. The van der Waals surface area contributed by atoms with E-state index in [1.807, 2.05) is 24.3 Å². The Balaban J connectivity index is 1.95. The van der Waals surface area contributed by atoms with Crippen LogP contribution >= 0.6 is 0 Å². The van der Waals surface area contributed by atoms with Crippen molar-refractivity contribution in [2.24, 2.45) is 0 Å². The molecule has 2 unspecified atom stereocenters. The first-order chi connectivity index (χ1) is 17.5. The summed E-state index contributed by atoms with van der Waals surface area (Å²) < 4.78 is 10.5. The Labute approximate surface area is 219 Å². The van der Waals surface area contributed by atoms with E-state index in [-0.39, 0.29) is 17.9 Å². The van der Waals surface area contributed by atoms with Crippen LogP contribution in [0.5, 0.6) is 5.75 Å². The number of amides is 3.